The Morgan fingerprint density at radius 3 is 2.65 bits per heavy atom. The number of nitrogens with one attached hydrogen (secondary N) is 1. The van der Waals surface area contributed by atoms with Gasteiger partial charge in [0.2, 0.25) is 0 Å². The predicted octanol–water partition coefficient (Wildman–Crippen LogP) is 3.78. The van der Waals surface area contributed by atoms with Gasteiger partial charge in [0, 0.05) is 31.7 Å². The smallest absolute Gasteiger partial charge is 0.0479 e. The third kappa shape index (κ3) is 6.59. The fourth-order valence-electron chi connectivity index (χ4n) is 1.50. The molecule has 0 aliphatic heterocycles. The molecule has 1 aromatic carbocycles. The van der Waals surface area contributed by atoms with Crippen LogP contribution in [0.1, 0.15) is 25.3 Å². The van der Waals surface area contributed by atoms with Gasteiger partial charge >= 0.3 is 0 Å². The maximum atomic E-state index is 5.01. The molecular weight excluding hydrogens is 230 g/mol. The van der Waals surface area contributed by atoms with Crippen LogP contribution in [-0.2, 0) is 10.5 Å². The van der Waals surface area contributed by atoms with Gasteiger partial charge in [-0.1, -0.05) is 19.1 Å². The molecule has 0 amide bonds. The summed E-state index contributed by atoms with van der Waals surface area (Å²) in [5.74, 6) is 2.37. The summed E-state index contributed by atoms with van der Waals surface area (Å²) in [6.07, 6.45) is 2.30. The van der Waals surface area contributed by atoms with Gasteiger partial charge in [-0.05, 0) is 36.3 Å². The van der Waals surface area contributed by atoms with Gasteiger partial charge in [0.1, 0.15) is 0 Å². The average Bonchev–Trinajstić information content (AvgIpc) is 2.37. The van der Waals surface area contributed by atoms with Crippen molar-refractivity contribution < 1.29 is 4.74 Å². The highest BCUT2D eigenvalue weighted by Gasteiger charge is 1.95. The normalized spacial score (nSPS) is 10.5. The third-order valence-corrected chi connectivity index (χ3v) is 3.66. The van der Waals surface area contributed by atoms with E-state index in [2.05, 4.69) is 36.5 Å². The van der Waals surface area contributed by atoms with Gasteiger partial charge in [-0.3, -0.25) is 0 Å². The molecule has 0 saturated heterocycles. The van der Waals surface area contributed by atoms with E-state index in [1.165, 1.54) is 23.4 Å². The predicted molar refractivity (Wildman–Crippen MR) is 77.9 cm³/mol. The highest BCUT2D eigenvalue weighted by atomic mass is 32.2. The van der Waals surface area contributed by atoms with Crippen LogP contribution in [-0.4, -0.2) is 26.0 Å². The van der Waals surface area contributed by atoms with Crippen LogP contribution in [0.3, 0.4) is 0 Å². The van der Waals surface area contributed by atoms with Crippen molar-refractivity contribution in [3.63, 3.8) is 0 Å². The first-order valence-electron chi connectivity index (χ1n) is 6.26. The van der Waals surface area contributed by atoms with Crippen LogP contribution in [0.4, 0.5) is 5.69 Å². The molecule has 17 heavy (non-hydrogen) atoms. The van der Waals surface area contributed by atoms with Crippen LogP contribution in [0.15, 0.2) is 24.3 Å². The van der Waals surface area contributed by atoms with Crippen LogP contribution >= 0.6 is 11.8 Å². The Balaban J connectivity index is 2.24. The molecule has 96 valence electrons. The van der Waals surface area contributed by atoms with Crippen LogP contribution in [0.2, 0.25) is 0 Å². The van der Waals surface area contributed by atoms with Gasteiger partial charge in [0.25, 0.3) is 0 Å². The minimum Gasteiger partial charge on any atom is -0.385 e. The van der Waals surface area contributed by atoms with Crippen molar-refractivity contribution in [3.05, 3.63) is 29.8 Å². The highest BCUT2D eigenvalue weighted by molar-refractivity contribution is 7.98. The number of benzene rings is 1. The largest absolute Gasteiger partial charge is 0.385 e. The zero-order valence-electron chi connectivity index (χ0n) is 10.9. The van der Waals surface area contributed by atoms with Gasteiger partial charge in [0.15, 0.2) is 0 Å². The standard InChI is InChI=1S/C14H23NOS/c1-3-11-17-12-13-5-7-14(8-6-13)15-9-4-10-16-2/h5-8,15H,3-4,9-12H2,1-2H3. The number of methoxy groups -OCH3 is 1. The number of thioether (sulfide) groups is 1. The molecule has 3 heteroatoms. The number of ether oxygens (including phenoxy) is 1. The molecule has 0 heterocycles. The third-order valence-electron chi connectivity index (χ3n) is 2.43. The molecule has 0 saturated carbocycles. The monoisotopic (exact) mass is 253 g/mol. The number of hydrogen-bond donors (Lipinski definition) is 1. The van der Waals surface area contributed by atoms with Gasteiger partial charge < -0.3 is 10.1 Å². The summed E-state index contributed by atoms with van der Waals surface area (Å²) in [6, 6.07) is 8.74. The van der Waals surface area contributed by atoms with Crippen LogP contribution in [0.5, 0.6) is 0 Å². The number of rotatable bonds is 9. The molecule has 2 nitrogen and oxygen atoms in total. The molecule has 0 radical (unpaired) electrons. The summed E-state index contributed by atoms with van der Waals surface area (Å²) in [6.45, 7) is 4.01. The zero-order valence-corrected chi connectivity index (χ0v) is 11.7. The Labute approximate surface area is 109 Å². The van der Waals surface area contributed by atoms with Gasteiger partial charge in [0.05, 0.1) is 0 Å². The summed E-state index contributed by atoms with van der Waals surface area (Å²) in [4.78, 5) is 0. The number of hydrogen-bond acceptors (Lipinski definition) is 3. The van der Waals surface area contributed by atoms with Crippen molar-refractivity contribution in [2.24, 2.45) is 0 Å². The molecule has 0 atom stereocenters. The van der Waals surface area contributed by atoms with Crippen molar-refractivity contribution in [1.29, 1.82) is 0 Å². The molecule has 1 rings (SSSR count). The van der Waals surface area contributed by atoms with E-state index in [1.54, 1.807) is 7.11 Å². The van der Waals surface area contributed by atoms with E-state index in [0.29, 0.717) is 0 Å². The van der Waals surface area contributed by atoms with Crippen molar-refractivity contribution >= 4 is 17.4 Å². The summed E-state index contributed by atoms with van der Waals surface area (Å²) in [7, 11) is 1.74. The minimum absolute atomic E-state index is 0.818. The lowest BCUT2D eigenvalue weighted by molar-refractivity contribution is 0.198. The fraction of sp³-hybridized carbons (Fsp3) is 0.571. The first-order chi connectivity index (χ1) is 8.36. The lowest BCUT2D eigenvalue weighted by atomic mass is 10.2. The Morgan fingerprint density at radius 2 is 2.00 bits per heavy atom. The molecule has 0 spiro atoms. The summed E-state index contributed by atoms with van der Waals surface area (Å²) in [5, 5.41) is 3.39. The summed E-state index contributed by atoms with van der Waals surface area (Å²) in [5.41, 5.74) is 2.61. The summed E-state index contributed by atoms with van der Waals surface area (Å²) < 4.78 is 5.01. The quantitative estimate of drug-likeness (QED) is 0.677. The molecule has 1 aromatic rings. The maximum Gasteiger partial charge on any atom is 0.0479 e. The Hall–Kier alpha value is -0.670. The van der Waals surface area contributed by atoms with Gasteiger partial charge in [-0.2, -0.15) is 11.8 Å². The van der Waals surface area contributed by atoms with E-state index in [1.807, 2.05) is 11.8 Å². The number of anilines is 1. The van der Waals surface area contributed by atoms with Crippen molar-refractivity contribution in [2.75, 3.05) is 31.3 Å². The van der Waals surface area contributed by atoms with Gasteiger partial charge in [-0.15, -0.1) is 0 Å². The first-order valence-corrected chi connectivity index (χ1v) is 7.41. The van der Waals surface area contributed by atoms with Gasteiger partial charge in [-0.25, -0.2) is 0 Å². The Morgan fingerprint density at radius 1 is 1.24 bits per heavy atom. The van der Waals surface area contributed by atoms with E-state index >= 15 is 0 Å². The fourth-order valence-corrected chi connectivity index (χ4v) is 2.36. The van der Waals surface area contributed by atoms with Crippen molar-refractivity contribution in [3.8, 4) is 0 Å². The summed E-state index contributed by atoms with van der Waals surface area (Å²) >= 11 is 2.00. The molecule has 1 N–H and O–H groups in total. The first kappa shape index (κ1) is 14.4. The Bertz CT molecular complexity index is 287. The minimum atomic E-state index is 0.818. The lowest BCUT2D eigenvalue weighted by Gasteiger charge is -2.07. The SMILES string of the molecule is CCCSCc1ccc(NCCCOC)cc1. The van der Waals surface area contributed by atoms with E-state index in [4.69, 9.17) is 4.74 Å². The second-order valence-electron chi connectivity index (χ2n) is 4.02. The topological polar surface area (TPSA) is 21.3 Å². The van der Waals surface area contributed by atoms with E-state index < -0.39 is 0 Å². The molecular formula is C14H23NOS. The van der Waals surface area contributed by atoms with Crippen LogP contribution in [0.25, 0.3) is 0 Å². The molecule has 0 bridgehead atoms. The maximum absolute atomic E-state index is 5.01. The van der Waals surface area contributed by atoms with E-state index in [-0.39, 0.29) is 0 Å². The van der Waals surface area contributed by atoms with Crippen LogP contribution in [0, 0.1) is 0 Å². The highest BCUT2D eigenvalue weighted by Crippen LogP contribution is 2.15. The average molecular weight is 253 g/mol. The van der Waals surface area contributed by atoms with Crippen molar-refractivity contribution in [2.45, 2.75) is 25.5 Å². The molecule has 0 fully saturated rings. The molecule has 0 unspecified atom stereocenters. The molecule has 0 aromatic heterocycles. The molecule has 0 aliphatic carbocycles. The second kappa shape index (κ2) is 9.37. The van der Waals surface area contributed by atoms with E-state index in [0.717, 1.165) is 25.3 Å². The zero-order chi connectivity index (χ0) is 12.3. The lowest BCUT2D eigenvalue weighted by Crippen LogP contribution is -2.04. The van der Waals surface area contributed by atoms with Crippen molar-refractivity contribution in [1.82, 2.24) is 0 Å². The van der Waals surface area contributed by atoms with E-state index in [9.17, 15) is 0 Å². The molecule has 0 aliphatic rings. The second-order valence-corrected chi connectivity index (χ2v) is 5.13. The van der Waals surface area contributed by atoms with Crippen LogP contribution < -0.4 is 5.32 Å². The Kier molecular flexibility index (Phi) is 7.93.